The molecule has 128 valence electrons. The maximum Gasteiger partial charge on any atom is 0.259 e. The molecule has 6 heteroatoms. The Morgan fingerprint density at radius 3 is 2.68 bits per heavy atom. The molecule has 0 aliphatic carbocycles. The maximum absolute atomic E-state index is 12.4. The summed E-state index contributed by atoms with van der Waals surface area (Å²) in [5.74, 6) is 0.638. The summed E-state index contributed by atoms with van der Waals surface area (Å²) in [6, 6.07) is 16.7. The van der Waals surface area contributed by atoms with Gasteiger partial charge in [0.1, 0.15) is 0 Å². The van der Waals surface area contributed by atoms with E-state index >= 15 is 0 Å². The molecular weight excluding hydrogens is 318 g/mol. The zero-order valence-electron chi connectivity index (χ0n) is 13.9. The number of amides is 1. The van der Waals surface area contributed by atoms with Crippen molar-refractivity contribution in [1.29, 1.82) is 0 Å². The average Bonchev–Trinajstić information content (AvgIpc) is 3.16. The molecule has 1 N–H and O–H groups in total. The van der Waals surface area contributed by atoms with Crippen LogP contribution in [-0.2, 0) is 4.74 Å². The van der Waals surface area contributed by atoms with E-state index in [1.165, 1.54) is 0 Å². The van der Waals surface area contributed by atoms with E-state index in [0.717, 1.165) is 12.0 Å². The van der Waals surface area contributed by atoms with Gasteiger partial charge in [0.15, 0.2) is 0 Å². The summed E-state index contributed by atoms with van der Waals surface area (Å²) in [5, 5.41) is 6.89. The fourth-order valence-electron chi connectivity index (χ4n) is 2.42. The predicted molar refractivity (Wildman–Crippen MR) is 94.0 cm³/mol. The van der Waals surface area contributed by atoms with Crippen LogP contribution >= 0.6 is 0 Å². The third-order valence-electron chi connectivity index (χ3n) is 3.67. The van der Waals surface area contributed by atoms with Crippen LogP contribution in [0.2, 0.25) is 0 Å². The fraction of sp³-hybridized carbons (Fsp3) is 0.211. The van der Waals surface area contributed by atoms with Gasteiger partial charge in [-0.1, -0.05) is 47.6 Å². The first kappa shape index (κ1) is 16.9. The number of rotatable bonds is 7. The topological polar surface area (TPSA) is 77.2 Å². The molecule has 3 aromatic rings. The number of carbonyl (C=O) groups excluding carboxylic acids is 1. The van der Waals surface area contributed by atoms with E-state index in [0.29, 0.717) is 36.0 Å². The van der Waals surface area contributed by atoms with Gasteiger partial charge in [-0.25, -0.2) is 0 Å². The lowest BCUT2D eigenvalue weighted by Gasteiger charge is -2.07. The van der Waals surface area contributed by atoms with Gasteiger partial charge in [0, 0.05) is 25.8 Å². The third-order valence-corrected chi connectivity index (χ3v) is 3.67. The number of ether oxygens (including phenoxy) is 1. The van der Waals surface area contributed by atoms with E-state index in [-0.39, 0.29) is 5.91 Å². The molecule has 0 radical (unpaired) electrons. The Labute approximate surface area is 145 Å². The Kier molecular flexibility index (Phi) is 5.53. The smallest absolute Gasteiger partial charge is 0.259 e. The van der Waals surface area contributed by atoms with E-state index in [4.69, 9.17) is 9.26 Å². The summed E-state index contributed by atoms with van der Waals surface area (Å²) in [4.78, 5) is 16.9. The van der Waals surface area contributed by atoms with Gasteiger partial charge in [0.05, 0.1) is 11.1 Å². The molecule has 0 bridgehead atoms. The second-order valence-electron chi connectivity index (χ2n) is 5.44. The van der Waals surface area contributed by atoms with Crippen molar-refractivity contribution in [2.75, 3.05) is 20.3 Å². The lowest BCUT2D eigenvalue weighted by Crippen LogP contribution is -2.25. The SMILES string of the molecule is COCCCNC(=O)c1ccccc1-c1nc(-c2ccccc2)no1. The summed E-state index contributed by atoms with van der Waals surface area (Å²) in [5.41, 5.74) is 1.98. The number of hydrogen-bond acceptors (Lipinski definition) is 5. The van der Waals surface area contributed by atoms with Crippen LogP contribution in [0.4, 0.5) is 0 Å². The zero-order valence-corrected chi connectivity index (χ0v) is 13.9. The van der Waals surface area contributed by atoms with Crippen molar-refractivity contribution in [3.05, 3.63) is 60.2 Å². The van der Waals surface area contributed by atoms with Gasteiger partial charge >= 0.3 is 0 Å². The Balaban J connectivity index is 1.81. The molecule has 0 aliphatic rings. The van der Waals surface area contributed by atoms with E-state index in [9.17, 15) is 4.79 Å². The lowest BCUT2D eigenvalue weighted by molar-refractivity contribution is 0.0949. The highest BCUT2D eigenvalue weighted by Crippen LogP contribution is 2.25. The number of methoxy groups -OCH3 is 1. The van der Waals surface area contributed by atoms with Crippen LogP contribution in [0.15, 0.2) is 59.1 Å². The van der Waals surface area contributed by atoms with Crippen molar-refractivity contribution in [1.82, 2.24) is 15.5 Å². The Morgan fingerprint density at radius 1 is 1.12 bits per heavy atom. The zero-order chi connectivity index (χ0) is 17.5. The van der Waals surface area contributed by atoms with Crippen LogP contribution in [0.25, 0.3) is 22.8 Å². The Hall–Kier alpha value is -2.99. The molecule has 0 fully saturated rings. The van der Waals surface area contributed by atoms with Crippen LogP contribution in [-0.4, -0.2) is 36.3 Å². The summed E-state index contributed by atoms with van der Waals surface area (Å²) in [6.07, 6.45) is 0.753. The molecule has 0 spiro atoms. The molecule has 1 amide bonds. The number of nitrogens with zero attached hydrogens (tertiary/aromatic N) is 2. The molecule has 0 saturated carbocycles. The van der Waals surface area contributed by atoms with Crippen LogP contribution in [0.5, 0.6) is 0 Å². The molecule has 0 saturated heterocycles. The molecule has 0 atom stereocenters. The molecule has 25 heavy (non-hydrogen) atoms. The van der Waals surface area contributed by atoms with Gasteiger partial charge < -0.3 is 14.6 Å². The van der Waals surface area contributed by atoms with Crippen molar-refractivity contribution in [3.8, 4) is 22.8 Å². The summed E-state index contributed by atoms with van der Waals surface area (Å²) in [6.45, 7) is 1.14. The summed E-state index contributed by atoms with van der Waals surface area (Å²) in [7, 11) is 1.64. The van der Waals surface area contributed by atoms with Crippen molar-refractivity contribution in [2.24, 2.45) is 0 Å². The van der Waals surface area contributed by atoms with E-state index in [2.05, 4.69) is 15.5 Å². The maximum atomic E-state index is 12.4. The number of aromatic nitrogens is 2. The second kappa shape index (κ2) is 8.21. The first-order valence-electron chi connectivity index (χ1n) is 8.05. The van der Waals surface area contributed by atoms with Gasteiger partial charge in [0.2, 0.25) is 5.82 Å². The molecule has 0 unspecified atom stereocenters. The molecule has 3 rings (SSSR count). The molecule has 2 aromatic carbocycles. The van der Waals surface area contributed by atoms with Gasteiger partial charge in [-0.3, -0.25) is 4.79 Å². The summed E-state index contributed by atoms with van der Waals surface area (Å²) >= 11 is 0. The number of carbonyl (C=O) groups is 1. The Bertz CT molecular complexity index is 831. The van der Waals surface area contributed by atoms with E-state index < -0.39 is 0 Å². The largest absolute Gasteiger partial charge is 0.385 e. The monoisotopic (exact) mass is 337 g/mol. The van der Waals surface area contributed by atoms with E-state index in [1.54, 1.807) is 19.2 Å². The minimum Gasteiger partial charge on any atom is -0.385 e. The van der Waals surface area contributed by atoms with Crippen LogP contribution in [0, 0.1) is 0 Å². The normalized spacial score (nSPS) is 10.6. The van der Waals surface area contributed by atoms with Gasteiger partial charge in [-0.15, -0.1) is 0 Å². The third kappa shape index (κ3) is 4.10. The molecule has 1 heterocycles. The standard InChI is InChI=1S/C19H19N3O3/c1-24-13-7-12-20-18(23)15-10-5-6-11-16(15)19-21-17(22-25-19)14-8-3-2-4-9-14/h2-6,8-11H,7,12-13H2,1H3,(H,20,23). The molecule has 0 aliphatic heterocycles. The number of nitrogens with one attached hydrogen (secondary N) is 1. The lowest BCUT2D eigenvalue weighted by atomic mass is 10.1. The van der Waals surface area contributed by atoms with Crippen molar-refractivity contribution in [3.63, 3.8) is 0 Å². The van der Waals surface area contributed by atoms with Gasteiger partial charge in [0.25, 0.3) is 11.8 Å². The van der Waals surface area contributed by atoms with Crippen molar-refractivity contribution < 1.29 is 14.1 Å². The highest BCUT2D eigenvalue weighted by Gasteiger charge is 2.17. The first-order chi connectivity index (χ1) is 12.3. The van der Waals surface area contributed by atoms with E-state index in [1.807, 2.05) is 42.5 Å². The van der Waals surface area contributed by atoms with Gasteiger partial charge in [-0.2, -0.15) is 4.98 Å². The molecule has 6 nitrogen and oxygen atoms in total. The van der Waals surface area contributed by atoms with Gasteiger partial charge in [-0.05, 0) is 18.6 Å². The average molecular weight is 337 g/mol. The van der Waals surface area contributed by atoms with Crippen LogP contribution in [0.3, 0.4) is 0 Å². The summed E-state index contributed by atoms with van der Waals surface area (Å²) < 4.78 is 10.4. The number of benzene rings is 2. The van der Waals surface area contributed by atoms with Crippen LogP contribution < -0.4 is 5.32 Å². The Morgan fingerprint density at radius 2 is 1.88 bits per heavy atom. The van der Waals surface area contributed by atoms with Crippen molar-refractivity contribution in [2.45, 2.75) is 6.42 Å². The minimum absolute atomic E-state index is 0.175. The highest BCUT2D eigenvalue weighted by atomic mass is 16.5. The molecule has 1 aromatic heterocycles. The fourth-order valence-corrected chi connectivity index (χ4v) is 2.42. The second-order valence-corrected chi connectivity index (χ2v) is 5.44. The minimum atomic E-state index is -0.175. The quantitative estimate of drug-likeness (QED) is 0.670. The van der Waals surface area contributed by atoms with Crippen molar-refractivity contribution >= 4 is 5.91 Å². The number of hydrogen-bond donors (Lipinski definition) is 1. The highest BCUT2D eigenvalue weighted by molar-refractivity contribution is 6.00. The predicted octanol–water partition coefficient (Wildman–Crippen LogP) is 3.17. The molecular formula is C19H19N3O3. The van der Waals surface area contributed by atoms with Crippen LogP contribution in [0.1, 0.15) is 16.8 Å². The first-order valence-corrected chi connectivity index (χ1v) is 8.05.